The van der Waals surface area contributed by atoms with Crippen LogP contribution in [0, 0.1) is 34.5 Å². The Balaban J connectivity index is 1.69. The van der Waals surface area contributed by atoms with Crippen molar-refractivity contribution in [2.24, 2.45) is 34.5 Å². The molecule has 0 heterocycles. The molecule has 3 fully saturated rings. The fraction of sp³-hybridized carbons (Fsp3) is 0.893. The summed E-state index contributed by atoms with van der Waals surface area (Å²) < 4.78 is 0. The van der Waals surface area contributed by atoms with Gasteiger partial charge in [-0.3, -0.25) is 4.79 Å². The van der Waals surface area contributed by atoms with E-state index in [9.17, 15) is 40.5 Å². The fourth-order valence-corrected chi connectivity index (χ4v) is 8.53. The van der Waals surface area contributed by atoms with Crippen LogP contribution in [0.1, 0.15) is 79.6 Å². The topological polar surface area (TPSA) is 159 Å². The van der Waals surface area contributed by atoms with Gasteiger partial charge in [-0.05, 0) is 80.8 Å². The van der Waals surface area contributed by atoms with Crippen molar-refractivity contribution in [2.45, 2.75) is 115 Å². The third-order valence-electron chi connectivity index (χ3n) is 11.5. The van der Waals surface area contributed by atoms with Crippen LogP contribution in [-0.2, 0) is 4.79 Å². The Kier molecular flexibility index (Phi) is 6.90. The Morgan fingerprint density at radius 2 is 1.61 bits per heavy atom. The number of hydrogen-bond acceptors (Lipinski definition) is 8. The minimum absolute atomic E-state index is 0.00264. The molecule has 206 valence electrons. The van der Waals surface area contributed by atoms with Crippen molar-refractivity contribution in [3.05, 3.63) is 11.6 Å². The van der Waals surface area contributed by atoms with Crippen LogP contribution in [0.4, 0.5) is 0 Å². The Hall–Kier alpha value is -0.870. The predicted octanol–water partition coefficient (Wildman–Crippen LogP) is 1.07. The molecule has 4 aliphatic rings. The van der Waals surface area contributed by atoms with Gasteiger partial charge in [0.1, 0.15) is 5.60 Å². The van der Waals surface area contributed by atoms with Gasteiger partial charge in [-0.1, -0.05) is 27.7 Å². The summed E-state index contributed by atoms with van der Waals surface area (Å²) in [4.78, 5) is 13.4. The van der Waals surface area contributed by atoms with Gasteiger partial charge in [-0.25, -0.2) is 0 Å². The SMILES string of the molecule is C[C@@H](CO)[C@@H](C)C[C@@H](O)[C@](C)(O)[C@H]1CC[C@@]2(O)C3=CC(=O)[C@]4(O)C[C@@H](O)[C@@H](O)C[C@]4(C)[C@H]3CC[C@]12C. The molecule has 12 atom stereocenters. The van der Waals surface area contributed by atoms with Crippen molar-refractivity contribution >= 4 is 5.78 Å². The first kappa shape index (κ1) is 28.1. The summed E-state index contributed by atoms with van der Waals surface area (Å²) >= 11 is 0. The van der Waals surface area contributed by atoms with Crippen molar-refractivity contribution in [2.75, 3.05) is 6.61 Å². The van der Waals surface area contributed by atoms with Gasteiger partial charge in [0, 0.05) is 23.9 Å². The van der Waals surface area contributed by atoms with Crippen LogP contribution in [0.3, 0.4) is 0 Å². The first-order valence-corrected chi connectivity index (χ1v) is 13.6. The Bertz CT molecular complexity index is 917. The molecule has 0 aromatic carbocycles. The minimum atomic E-state index is -1.82. The van der Waals surface area contributed by atoms with Gasteiger partial charge in [0.05, 0.1) is 29.5 Å². The molecule has 0 radical (unpaired) electrons. The molecular formula is C28H46O8. The Labute approximate surface area is 214 Å². The van der Waals surface area contributed by atoms with E-state index in [0.29, 0.717) is 37.7 Å². The molecule has 0 aliphatic heterocycles. The summed E-state index contributed by atoms with van der Waals surface area (Å²) in [5.74, 6) is -1.39. The van der Waals surface area contributed by atoms with Crippen molar-refractivity contribution in [3.8, 4) is 0 Å². The summed E-state index contributed by atoms with van der Waals surface area (Å²) in [5, 5.41) is 76.8. The maximum Gasteiger partial charge on any atom is 0.187 e. The van der Waals surface area contributed by atoms with Crippen LogP contribution in [0.2, 0.25) is 0 Å². The van der Waals surface area contributed by atoms with E-state index in [1.807, 2.05) is 20.8 Å². The molecule has 0 amide bonds. The normalized spacial score (nSPS) is 48.7. The van der Waals surface area contributed by atoms with E-state index in [1.165, 1.54) is 6.08 Å². The van der Waals surface area contributed by atoms with Gasteiger partial charge < -0.3 is 35.7 Å². The van der Waals surface area contributed by atoms with Crippen molar-refractivity contribution in [1.82, 2.24) is 0 Å². The van der Waals surface area contributed by atoms with Gasteiger partial charge in [0.2, 0.25) is 0 Å². The second-order valence-corrected chi connectivity index (χ2v) is 13.4. The van der Waals surface area contributed by atoms with Gasteiger partial charge in [0.15, 0.2) is 5.78 Å². The van der Waals surface area contributed by atoms with Crippen molar-refractivity contribution in [3.63, 3.8) is 0 Å². The van der Waals surface area contributed by atoms with Crippen LogP contribution in [0.15, 0.2) is 11.6 Å². The molecule has 0 unspecified atom stereocenters. The second-order valence-electron chi connectivity index (χ2n) is 13.4. The molecular weight excluding hydrogens is 464 g/mol. The number of aliphatic hydroxyl groups excluding tert-OH is 4. The van der Waals surface area contributed by atoms with Gasteiger partial charge >= 0.3 is 0 Å². The summed E-state index contributed by atoms with van der Waals surface area (Å²) in [5.41, 5.74) is -6.03. The van der Waals surface area contributed by atoms with Crippen LogP contribution in [0.25, 0.3) is 0 Å². The van der Waals surface area contributed by atoms with Crippen LogP contribution >= 0.6 is 0 Å². The maximum atomic E-state index is 13.4. The summed E-state index contributed by atoms with van der Waals surface area (Å²) in [6, 6.07) is 0. The van der Waals surface area contributed by atoms with E-state index in [2.05, 4.69) is 0 Å². The van der Waals surface area contributed by atoms with Gasteiger partial charge in [-0.15, -0.1) is 0 Å². The van der Waals surface area contributed by atoms with Crippen molar-refractivity contribution in [1.29, 1.82) is 0 Å². The number of carbonyl (C=O) groups is 1. The largest absolute Gasteiger partial charge is 0.396 e. The highest BCUT2D eigenvalue weighted by Crippen LogP contribution is 2.69. The summed E-state index contributed by atoms with van der Waals surface area (Å²) in [6.45, 7) is 9.17. The van der Waals surface area contributed by atoms with E-state index in [1.54, 1.807) is 13.8 Å². The van der Waals surface area contributed by atoms with Crippen molar-refractivity contribution < 1.29 is 40.5 Å². The van der Waals surface area contributed by atoms with Gasteiger partial charge in [0.25, 0.3) is 0 Å². The molecule has 0 bridgehead atoms. The number of fused-ring (bicyclic) bond motifs is 5. The lowest BCUT2D eigenvalue weighted by molar-refractivity contribution is -0.211. The van der Waals surface area contributed by atoms with E-state index >= 15 is 0 Å². The highest BCUT2D eigenvalue weighted by atomic mass is 16.3. The van der Waals surface area contributed by atoms with Crippen LogP contribution < -0.4 is 0 Å². The zero-order chi connectivity index (χ0) is 27.1. The summed E-state index contributed by atoms with van der Waals surface area (Å²) in [6.07, 6.45) is 0.00361. The highest BCUT2D eigenvalue weighted by molar-refractivity contribution is 6.00. The zero-order valence-electron chi connectivity index (χ0n) is 22.3. The fourth-order valence-electron chi connectivity index (χ4n) is 8.53. The molecule has 0 spiro atoms. The van der Waals surface area contributed by atoms with E-state index < -0.39 is 57.6 Å². The lowest BCUT2D eigenvalue weighted by Crippen LogP contribution is -2.69. The quantitative estimate of drug-likeness (QED) is 0.280. The van der Waals surface area contributed by atoms with Crippen LogP contribution in [-0.4, -0.2) is 83.3 Å². The van der Waals surface area contributed by atoms with E-state index in [0.717, 1.165) is 0 Å². The van der Waals surface area contributed by atoms with Crippen LogP contribution in [0.5, 0.6) is 0 Å². The number of hydrogen-bond donors (Lipinski definition) is 7. The molecule has 4 aliphatic carbocycles. The standard InChI is InChI=1S/C28H46O8/c1-15(16(2)14-29)10-22(32)26(5,34)21-7-9-27(35)18-11-23(33)28(36)13-20(31)19(30)12-25(28,4)17(18)6-8-24(21,27)3/h11,15-17,19-22,29-32,34-36H,6-10,12-14H2,1-5H3/t15-,16-,17-,19-,20+,21-,22+,24+,25+,26+,27+,28+/m0/s1. The Morgan fingerprint density at radius 1 is 1.00 bits per heavy atom. The molecule has 3 saturated carbocycles. The number of ketones is 1. The average molecular weight is 511 g/mol. The summed E-state index contributed by atoms with van der Waals surface area (Å²) in [7, 11) is 0. The first-order chi connectivity index (χ1) is 16.5. The lowest BCUT2D eigenvalue weighted by Gasteiger charge is -2.62. The number of carbonyl (C=O) groups excluding carboxylic acids is 1. The zero-order valence-corrected chi connectivity index (χ0v) is 22.3. The minimum Gasteiger partial charge on any atom is -0.396 e. The van der Waals surface area contributed by atoms with Gasteiger partial charge in [-0.2, -0.15) is 0 Å². The lowest BCUT2D eigenvalue weighted by atomic mass is 9.44. The third-order valence-corrected chi connectivity index (χ3v) is 11.5. The monoisotopic (exact) mass is 510 g/mol. The molecule has 8 heteroatoms. The number of aliphatic hydroxyl groups is 7. The average Bonchev–Trinajstić information content (AvgIpc) is 3.08. The first-order valence-electron chi connectivity index (χ1n) is 13.6. The second kappa shape index (κ2) is 8.83. The third kappa shape index (κ3) is 3.63. The molecule has 0 aromatic heterocycles. The predicted molar refractivity (Wildman–Crippen MR) is 133 cm³/mol. The molecule has 36 heavy (non-hydrogen) atoms. The van der Waals surface area contributed by atoms with E-state index in [4.69, 9.17) is 0 Å². The molecule has 0 aromatic rings. The Morgan fingerprint density at radius 3 is 2.22 bits per heavy atom. The highest BCUT2D eigenvalue weighted by Gasteiger charge is 2.71. The number of rotatable bonds is 6. The molecule has 7 N–H and O–H groups in total. The molecule has 8 nitrogen and oxygen atoms in total. The smallest absolute Gasteiger partial charge is 0.187 e. The molecule has 4 rings (SSSR count). The van der Waals surface area contributed by atoms with E-state index in [-0.39, 0.29) is 37.2 Å². The molecule has 0 saturated heterocycles. The maximum absolute atomic E-state index is 13.4.